The number of ketones is 1. The van der Waals surface area contributed by atoms with Crippen LogP contribution in [0.1, 0.15) is 6.42 Å². The number of Topliss-reactive ketones (excluding diaryl/α,β-unsaturated/α-hetero) is 1. The third-order valence-electron chi connectivity index (χ3n) is 0.902. The lowest BCUT2D eigenvalue weighted by Gasteiger charge is -1.99. The molecular weight excluding hydrogens is 156 g/mol. The third kappa shape index (κ3) is 3.31. The van der Waals surface area contributed by atoms with Crippen molar-refractivity contribution < 1.29 is 29.7 Å². The molecule has 0 aromatic carbocycles. The van der Waals surface area contributed by atoms with Crippen LogP contribution >= 0.6 is 0 Å². The lowest BCUT2D eigenvalue weighted by molar-refractivity contribution is -0.154. The van der Waals surface area contributed by atoms with Crippen LogP contribution < -0.4 is 0 Å². The topological polar surface area (TPSA) is 112 Å². The Morgan fingerprint density at radius 2 is 1.64 bits per heavy atom. The molecule has 6 heteroatoms. The minimum atomic E-state index is -1.93. The van der Waals surface area contributed by atoms with Crippen molar-refractivity contribution in [2.45, 2.75) is 12.5 Å². The van der Waals surface area contributed by atoms with Crippen LogP contribution in [0.2, 0.25) is 0 Å². The largest absolute Gasteiger partial charge is 0.479 e. The summed E-state index contributed by atoms with van der Waals surface area (Å²) >= 11 is 0. The van der Waals surface area contributed by atoms with Crippen LogP contribution in [0.5, 0.6) is 0 Å². The van der Waals surface area contributed by atoms with Gasteiger partial charge in [0.05, 0.1) is 6.42 Å². The van der Waals surface area contributed by atoms with Crippen molar-refractivity contribution in [3.8, 4) is 0 Å². The highest BCUT2D eigenvalue weighted by Crippen LogP contribution is 1.92. The number of hydrogen-bond acceptors (Lipinski definition) is 4. The van der Waals surface area contributed by atoms with Gasteiger partial charge in [-0.05, 0) is 0 Å². The Kier molecular flexibility index (Phi) is 3.19. The van der Waals surface area contributed by atoms with E-state index in [2.05, 4.69) is 0 Å². The van der Waals surface area contributed by atoms with E-state index in [9.17, 15) is 14.4 Å². The van der Waals surface area contributed by atoms with E-state index in [-0.39, 0.29) is 0 Å². The maximum absolute atomic E-state index is 10.2. The molecule has 0 aliphatic carbocycles. The van der Waals surface area contributed by atoms with Crippen LogP contribution in [-0.4, -0.2) is 39.1 Å². The summed E-state index contributed by atoms with van der Waals surface area (Å²) in [4.78, 5) is 29.9. The molecule has 0 rings (SSSR count). The first-order valence-corrected chi connectivity index (χ1v) is 2.62. The normalized spacial score (nSPS) is 12.1. The highest BCUT2D eigenvalue weighted by Gasteiger charge is 2.21. The molecule has 0 aliphatic rings. The number of carboxylic acids is 2. The SMILES string of the molecule is O=C(O)C(=O)C[C@@H](O)C(=O)O. The van der Waals surface area contributed by atoms with Gasteiger partial charge < -0.3 is 15.3 Å². The van der Waals surface area contributed by atoms with E-state index < -0.39 is 30.2 Å². The number of hydrogen-bond donors (Lipinski definition) is 3. The number of carbonyl (C=O) groups is 3. The monoisotopic (exact) mass is 162 g/mol. The summed E-state index contributed by atoms with van der Waals surface area (Å²) < 4.78 is 0. The fraction of sp³-hybridized carbons (Fsp3) is 0.400. The Labute approximate surface area is 61.1 Å². The van der Waals surface area contributed by atoms with Gasteiger partial charge in [0.2, 0.25) is 5.78 Å². The number of aliphatic hydroxyl groups excluding tert-OH is 1. The van der Waals surface area contributed by atoms with E-state index in [0.29, 0.717) is 0 Å². The van der Waals surface area contributed by atoms with Crippen molar-refractivity contribution >= 4 is 17.7 Å². The van der Waals surface area contributed by atoms with Crippen LogP contribution in [0.3, 0.4) is 0 Å². The predicted molar refractivity (Wildman–Crippen MR) is 30.9 cm³/mol. The van der Waals surface area contributed by atoms with Crippen LogP contribution in [0.15, 0.2) is 0 Å². The molecular formula is C5H6O6. The number of aliphatic carboxylic acids is 2. The van der Waals surface area contributed by atoms with E-state index in [1.54, 1.807) is 0 Å². The molecule has 0 saturated carbocycles. The van der Waals surface area contributed by atoms with Gasteiger partial charge in [-0.2, -0.15) is 0 Å². The average Bonchev–Trinajstić information content (AvgIpc) is 1.87. The number of carboxylic acid groups (broad SMARTS) is 2. The molecule has 0 heterocycles. The summed E-state index contributed by atoms with van der Waals surface area (Å²) in [5, 5.41) is 24.4. The van der Waals surface area contributed by atoms with E-state index >= 15 is 0 Å². The molecule has 0 aromatic rings. The highest BCUT2D eigenvalue weighted by molar-refractivity contribution is 6.33. The van der Waals surface area contributed by atoms with Crippen molar-refractivity contribution in [1.29, 1.82) is 0 Å². The van der Waals surface area contributed by atoms with Gasteiger partial charge in [0.1, 0.15) is 0 Å². The van der Waals surface area contributed by atoms with Gasteiger partial charge in [-0.3, -0.25) is 4.79 Å². The second kappa shape index (κ2) is 3.67. The van der Waals surface area contributed by atoms with Crippen LogP contribution in [0.25, 0.3) is 0 Å². The Morgan fingerprint density at radius 3 is 1.91 bits per heavy atom. The second-order valence-electron chi connectivity index (χ2n) is 1.79. The molecule has 0 aromatic heterocycles. The molecule has 6 nitrogen and oxygen atoms in total. The smallest absolute Gasteiger partial charge is 0.372 e. The van der Waals surface area contributed by atoms with Crippen molar-refractivity contribution in [3.63, 3.8) is 0 Å². The Morgan fingerprint density at radius 1 is 1.18 bits per heavy atom. The van der Waals surface area contributed by atoms with Crippen LogP contribution in [0.4, 0.5) is 0 Å². The Hall–Kier alpha value is -1.43. The molecule has 0 aliphatic heterocycles. The second-order valence-corrected chi connectivity index (χ2v) is 1.79. The minimum absolute atomic E-state index is 0.898. The van der Waals surface area contributed by atoms with Gasteiger partial charge in [0.25, 0.3) is 0 Å². The zero-order valence-electron chi connectivity index (χ0n) is 5.35. The zero-order chi connectivity index (χ0) is 9.02. The average molecular weight is 162 g/mol. The summed E-state index contributed by atoms with van der Waals surface area (Å²) in [7, 11) is 0. The van der Waals surface area contributed by atoms with Gasteiger partial charge in [-0.15, -0.1) is 0 Å². The fourth-order valence-electron chi connectivity index (χ4n) is 0.350. The molecule has 11 heavy (non-hydrogen) atoms. The minimum Gasteiger partial charge on any atom is -0.479 e. The van der Waals surface area contributed by atoms with Gasteiger partial charge >= 0.3 is 11.9 Å². The third-order valence-corrected chi connectivity index (χ3v) is 0.902. The summed E-state index contributed by atoms with van der Waals surface area (Å²) in [5.74, 6) is -4.68. The molecule has 0 fully saturated rings. The lowest BCUT2D eigenvalue weighted by atomic mass is 10.2. The summed E-state index contributed by atoms with van der Waals surface area (Å²) in [6.45, 7) is 0. The molecule has 3 N–H and O–H groups in total. The van der Waals surface area contributed by atoms with Gasteiger partial charge in [0.15, 0.2) is 6.10 Å². The highest BCUT2D eigenvalue weighted by atomic mass is 16.4. The maximum Gasteiger partial charge on any atom is 0.372 e. The maximum atomic E-state index is 10.2. The van der Waals surface area contributed by atoms with Gasteiger partial charge in [0, 0.05) is 0 Å². The Bertz CT molecular complexity index is 195. The van der Waals surface area contributed by atoms with Gasteiger partial charge in [-0.1, -0.05) is 0 Å². The van der Waals surface area contributed by atoms with Gasteiger partial charge in [-0.25, -0.2) is 9.59 Å². The molecule has 0 radical (unpaired) electrons. The van der Waals surface area contributed by atoms with Crippen molar-refractivity contribution in [1.82, 2.24) is 0 Å². The standard InChI is InChI=1S/C5H6O6/c6-2(4(8)9)1-3(7)5(10)11/h2,6H,1H2,(H,8,9)(H,10,11)/t2-/m1/s1. The van der Waals surface area contributed by atoms with Crippen LogP contribution in [0, 0.1) is 0 Å². The van der Waals surface area contributed by atoms with E-state index in [1.807, 2.05) is 0 Å². The van der Waals surface area contributed by atoms with Crippen molar-refractivity contribution in [3.05, 3.63) is 0 Å². The molecule has 0 unspecified atom stereocenters. The number of rotatable bonds is 4. The lowest BCUT2D eigenvalue weighted by Crippen LogP contribution is -2.26. The summed E-state index contributed by atoms with van der Waals surface area (Å²) in [6.07, 6.45) is -2.83. The molecule has 0 amide bonds. The molecule has 62 valence electrons. The zero-order valence-corrected chi connectivity index (χ0v) is 5.35. The Balaban J connectivity index is 3.95. The molecule has 0 bridgehead atoms. The van der Waals surface area contributed by atoms with Crippen LogP contribution in [-0.2, 0) is 14.4 Å². The summed E-state index contributed by atoms with van der Waals surface area (Å²) in [5.41, 5.74) is 0. The fourth-order valence-corrected chi connectivity index (χ4v) is 0.350. The van der Waals surface area contributed by atoms with Crippen molar-refractivity contribution in [2.75, 3.05) is 0 Å². The van der Waals surface area contributed by atoms with E-state index in [0.717, 1.165) is 0 Å². The predicted octanol–water partition coefficient (Wildman–Crippen LogP) is -1.52. The van der Waals surface area contributed by atoms with E-state index in [1.165, 1.54) is 0 Å². The van der Waals surface area contributed by atoms with Crippen molar-refractivity contribution in [2.24, 2.45) is 0 Å². The molecule has 0 saturated heterocycles. The number of aliphatic hydroxyl groups is 1. The molecule has 0 spiro atoms. The quantitative estimate of drug-likeness (QED) is 0.432. The number of carbonyl (C=O) groups excluding carboxylic acids is 1. The van der Waals surface area contributed by atoms with E-state index in [4.69, 9.17) is 15.3 Å². The first-order chi connectivity index (χ1) is 4.95. The molecule has 1 atom stereocenters. The first kappa shape index (κ1) is 9.57. The summed E-state index contributed by atoms with van der Waals surface area (Å²) in [6, 6.07) is 0. The first-order valence-electron chi connectivity index (χ1n) is 2.62.